The van der Waals surface area contributed by atoms with E-state index in [0.29, 0.717) is 24.2 Å². The zero-order valence-corrected chi connectivity index (χ0v) is 18.5. The molecule has 0 saturated heterocycles. The zero-order valence-electron chi connectivity index (χ0n) is 17.0. The molecule has 0 spiro atoms. The molecule has 0 atom stereocenters. The Labute approximate surface area is 184 Å². The van der Waals surface area contributed by atoms with Crippen molar-refractivity contribution in [1.82, 2.24) is 4.57 Å². The molecule has 0 fully saturated rings. The number of alkyl halides is 1. The largest absolute Gasteiger partial charge is 0.497 e. The summed E-state index contributed by atoms with van der Waals surface area (Å²) in [7, 11) is 1.63. The Hall–Kier alpha value is -3.22. The topological polar surface area (TPSA) is 67.0 Å². The van der Waals surface area contributed by atoms with Gasteiger partial charge in [0.1, 0.15) is 17.5 Å². The molecule has 0 saturated carbocycles. The van der Waals surface area contributed by atoms with E-state index < -0.39 is 0 Å². The van der Waals surface area contributed by atoms with Crippen LogP contribution in [0.25, 0.3) is 10.9 Å². The smallest absolute Gasteiger partial charge is 0.224 e. The van der Waals surface area contributed by atoms with Gasteiger partial charge >= 0.3 is 0 Å². The maximum Gasteiger partial charge on any atom is 0.224 e. The molecule has 0 aliphatic rings. The Morgan fingerprint density at radius 2 is 1.97 bits per heavy atom. The number of anilines is 1. The molecule has 0 bridgehead atoms. The van der Waals surface area contributed by atoms with Gasteiger partial charge in [-0.3, -0.25) is 4.79 Å². The summed E-state index contributed by atoms with van der Waals surface area (Å²) in [5, 5.41) is 14.3. The molecule has 152 valence electrons. The fourth-order valence-corrected chi connectivity index (χ4v) is 3.53. The number of carbonyl (C=O) groups excluding carboxylic acids is 1. The first-order valence-corrected chi connectivity index (χ1v) is 10.8. The molecule has 2 aromatic carbocycles. The lowest BCUT2D eigenvalue weighted by atomic mass is 10.1. The number of aromatic nitrogens is 1. The number of nitriles is 1. The third-order valence-electron chi connectivity index (χ3n) is 4.73. The van der Waals surface area contributed by atoms with Crippen LogP contribution in [0.2, 0.25) is 0 Å². The van der Waals surface area contributed by atoms with E-state index >= 15 is 0 Å². The maximum absolute atomic E-state index is 11.8. The number of hydrogen-bond acceptors (Lipinski definition) is 3. The first kappa shape index (κ1) is 21.5. The van der Waals surface area contributed by atoms with Gasteiger partial charge in [0.15, 0.2) is 0 Å². The predicted octanol–water partition coefficient (Wildman–Crippen LogP) is 5.05. The van der Waals surface area contributed by atoms with Gasteiger partial charge in [0.05, 0.1) is 18.2 Å². The number of benzene rings is 2. The van der Waals surface area contributed by atoms with E-state index in [2.05, 4.69) is 39.2 Å². The number of ether oxygens (including phenoxy) is 1. The van der Waals surface area contributed by atoms with E-state index in [1.54, 1.807) is 7.11 Å². The van der Waals surface area contributed by atoms with Crippen LogP contribution in [0, 0.1) is 23.2 Å². The highest BCUT2D eigenvalue weighted by Gasteiger charge is 2.15. The SMILES string of the molecule is CCn1c(C#Cc2ccc(NC(=O)CCCBr)cc2)c(C#N)c2ccc(OC)cc21. The number of hydrogen-bond donors (Lipinski definition) is 1. The molecule has 1 heterocycles. The van der Waals surface area contributed by atoms with Crippen molar-refractivity contribution in [2.24, 2.45) is 0 Å². The second-order valence-electron chi connectivity index (χ2n) is 6.63. The number of halogens is 1. The highest BCUT2D eigenvalue weighted by molar-refractivity contribution is 9.09. The van der Waals surface area contributed by atoms with Crippen molar-refractivity contribution in [3.8, 4) is 23.7 Å². The number of nitrogens with one attached hydrogen (secondary N) is 1. The number of fused-ring (bicyclic) bond motifs is 1. The van der Waals surface area contributed by atoms with Crippen molar-refractivity contribution in [2.45, 2.75) is 26.3 Å². The van der Waals surface area contributed by atoms with Crippen LogP contribution in [-0.2, 0) is 11.3 Å². The van der Waals surface area contributed by atoms with Gasteiger partial charge in [-0.15, -0.1) is 0 Å². The molecule has 3 aromatic rings. The average Bonchev–Trinajstić information content (AvgIpc) is 3.08. The molecule has 1 aromatic heterocycles. The summed E-state index contributed by atoms with van der Waals surface area (Å²) in [5.74, 6) is 7.05. The number of nitrogens with zero attached hydrogens (tertiary/aromatic N) is 2. The third kappa shape index (κ3) is 4.67. The summed E-state index contributed by atoms with van der Waals surface area (Å²) in [6.45, 7) is 2.72. The minimum atomic E-state index is -0.00478. The second-order valence-corrected chi connectivity index (χ2v) is 7.42. The van der Waals surface area contributed by atoms with Crippen molar-refractivity contribution in [2.75, 3.05) is 17.8 Å². The Morgan fingerprint density at radius 3 is 2.60 bits per heavy atom. The molecule has 6 heteroatoms. The molecule has 3 rings (SSSR count). The van der Waals surface area contributed by atoms with Crippen molar-refractivity contribution in [1.29, 1.82) is 5.26 Å². The minimum absolute atomic E-state index is 0.00478. The Morgan fingerprint density at radius 1 is 1.20 bits per heavy atom. The summed E-state index contributed by atoms with van der Waals surface area (Å²) < 4.78 is 7.36. The monoisotopic (exact) mass is 463 g/mol. The van der Waals surface area contributed by atoms with Crippen LogP contribution in [0.5, 0.6) is 5.75 Å². The van der Waals surface area contributed by atoms with Crippen LogP contribution >= 0.6 is 15.9 Å². The van der Waals surface area contributed by atoms with Crippen LogP contribution in [0.1, 0.15) is 36.6 Å². The Balaban J connectivity index is 1.90. The van der Waals surface area contributed by atoms with Gasteiger partial charge in [-0.1, -0.05) is 21.9 Å². The van der Waals surface area contributed by atoms with Crippen LogP contribution in [0.15, 0.2) is 42.5 Å². The van der Waals surface area contributed by atoms with Gasteiger partial charge in [-0.05, 0) is 55.7 Å². The van der Waals surface area contributed by atoms with E-state index in [-0.39, 0.29) is 5.91 Å². The first-order valence-electron chi connectivity index (χ1n) is 9.69. The minimum Gasteiger partial charge on any atom is -0.497 e. The van der Waals surface area contributed by atoms with E-state index in [1.165, 1.54) is 0 Å². The highest BCUT2D eigenvalue weighted by atomic mass is 79.9. The first-order chi connectivity index (χ1) is 14.6. The maximum atomic E-state index is 11.8. The average molecular weight is 464 g/mol. The highest BCUT2D eigenvalue weighted by Crippen LogP contribution is 2.29. The Bertz CT molecular complexity index is 1160. The molecular weight excluding hydrogens is 442 g/mol. The van der Waals surface area contributed by atoms with Crippen molar-refractivity contribution < 1.29 is 9.53 Å². The summed E-state index contributed by atoms with van der Waals surface area (Å²) in [6, 6.07) is 15.4. The van der Waals surface area contributed by atoms with Crippen molar-refractivity contribution >= 4 is 38.4 Å². The lowest BCUT2D eigenvalue weighted by Gasteiger charge is -2.05. The molecule has 0 unspecified atom stereocenters. The standard InChI is InChI=1S/C24H22BrN3O2/c1-3-28-22(21(16-26)20-12-11-19(30-2)15-23(20)28)13-8-17-6-9-18(10-7-17)27-24(29)5-4-14-25/h6-7,9-12,15H,3-5,14H2,1-2H3,(H,27,29). The second kappa shape index (κ2) is 10.0. The van der Waals surface area contributed by atoms with Gasteiger partial charge in [0.25, 0.3) is 0 Å². The molecule has 0 aliphatic heterocycles. The molecular formula is C24H22BrN3O2. The van der Waals surface area contributed by atoms with E-state index in [4.69, 9.17) is 4.74 Å². The van der Waals surface area contributed by atoms with E-state index in [1.807, 2.05) is 54.0 Å². The van der Waals surface area contributed by atoms with E-state index in [9.17, 15) is 10.1 Å². The molecule has 1 amide bonds. The quantitative estimate of drug-likeness (QED) is 0.410. The fraction of sp³-hybridized carbons (Fsp3) is 0.250. The number of methoxy groups -OCH3 is 1. The zero-order chi connectivity index (χ0) is 21.5. The lowest BCUT2D eigenvalue weighted by Crippen LogP contribution is -2.11. The fourth-order valence-electron chi connectivity index (χ4n) is 3.25. The molecule has 30 heavy (non-hydrogen) atoms. The van der Waals surface area contributed by atoms with Crippen LogP contribution in [0.3, 0.4) is 0 Å². The van der Waals surface area contributed by atoms with Crippen LogP contribution in [-0.4, -0.2) is 22.9 Å². The summed E-state index contributed by atoms with van der Waals surface area (Å²) in [4.78, 5) is 11.8. The molecule has 0 aliphatic carbocycles. The Kier molecular flexibility index (Phi) is 7.17. The van der Waals surface area contributed by atoms with Gasteiger partial charge in [0, 0.05) is 41.0 Å². The van der Waals surface area contributed by atoms with Crippen LogP contribution < -0.4 is 10.1 Å². The van der Waals surface area contributed by atoms with Gasteiger partial charge in [-0.2, -0.15) is 5.26 Å². The van der Waals surface area contributed by atoms with Crippen molar-refractivity contribution in [3.63, 3.8) is 0 Å². The molecule has 5 nitrogen and oxygen atoms in total. The van der Waals surface area contributed by atoms with Gasteiger partial charge in [-0.25, -0.2) is 0 Å². The summed E-state index contributed by atoms with van der Waals surface area (Å²) >= 11 is 3.32. The van der Waals surface area contributed by atoms with Gasteiger partial charge < -0.3 is 14.6 Å². The van der Waals surface area contributed by atoms with Crippen LogP contribution in [0.4, 0.5) is 5.69 Å². The number of amides is 1. The number of carbonyl (C=O) groups is 1. The predicted molar refractivity (Wildman–Crippen MR) is 123 cm³/mol. The molecule has 1 N–H and O–H groups in total. The summed E-state index contributed by atoms with van der Waals surface area (Å²) in [6.07, 6.45) is 1.28. The van der Waals surface area contributed by atoms with E-state index in [0.717, 1.165) is 39.7 Å². The molecule has 0 radical (unpaired) electrons. The third-order valence-corrected chi connectivity index (χ3v) is 5.29. The summed E-state index contributed by atoms with van der Waals surface area (Å²) in [5.41, 5.74) is 3.74. The van der Waals surface area contributed by atoms with Crippen molar-refractivity contribution in [3.05, 3.63) is 59.3 Å². The van der Waals surface area contributed by atoms with Gasteiger partial charge in [0.2, 0.25) is 5.91 Å². The normalized spacial score (nSPS) is 10.2. The lowest BCUT2D eigenvalue weighted by molar-refractivity contribution is -0.116. The number of aryl methyl sites for hydroxylation is 1. The number of rotatable bonds is 6.